The third-order valence-electron chi connectivity index (χ3n) is 4.39. The number of nitrogens with one attached hydrogen (secondary N) is 1. The molecule has 0 amide bonds. The summed E-state index contributed by atoms with van der Waals surface area (Å²) in [4.78, 5) is 46.6. The van der Waals surface area contributed by atoms with Gasteiger partial charge in [0, 0.05) is 29.7 Å². The number of aromatic amines is 1. The molecule has 2 heterocycles. The van der Waals surface area contributed by atoms with Crippen LogP contribution in [0.3, 0.4) is 0 Å². The Morgan fingerprint density at radius 2 is 1.96 bits per heavy atom. The Morgan fingerprint density at radius 3 is 2.73 bits per heavy atom. The number of fused-ring (bicyclic) bond motifs is 2. The van der Waals surface area contributed by atoms with Gasteiger partial charge in [0.25, 0.3) is 11.2 Å². The van der Waals surface area contributed by atoms with Crippen LogP contribution in [0, 0.1) is 10.1 Å². The van der Waals surface area contributed by atoms with Gasteiger partial charge in [-0.05, 0) is 18.4 Å². The summed E-state index contributed by atoms with van der Waals surface area (Å²) in [7, 11) is 0. The number of nitro benzene ring substituents is 1. The number of H-pyrrole nitrogens is 1. The second-order valence-electron chi connectivity index (χ2n) is 6.04. The highest BCUT2D eigenvalue weighted by Gasteiger charge is 2.27. The highest BCUT2D eigenvalue weighted by atomic mass is 16.6. The number of rotatable bonds is 2. The average molecular weight is 351 g/mol. The Labute approximate surface area is 146 Å². The van der Waals surface area contributed by atoms with E-state index in [0.29, 0.717) is 41.6 Å². The molecule has 0 atom stereocenters. The largest absolute Gasteiger partial charge is 0.369 e. The zero-order chi connectivity index (χ0) is 18.4. The standard InChI is InChI=1S/C17H13N5O4/c18-17-20-15-14(16(24)21-17)12(8-3-1-4-9(7-8)22(25)26)13-10(19-15)5-2-6-11(13)23/h1,3-4,7H,2,5-6H2,(H3,18,19,20,21,24). The summed E-state index contributed by atoms with van der Waals surface area (Å²) >= 11 is 0. The molecule has 0 spiro atoms. The Bertz CT molecular complexity index is 1150. The Hall–Kier alpha value is -3.62. The maximum atomic E-state index is 12.6. The molecule has 9 heteroatoms. The summed E-state index contributed by atoms with van der Waals surface area (Å²) in [6, 6.07) is 5.83. The number of hydrogen-bond donors (Lipinski definition) is 2. The number of nitro groups is 1. The number of aryl methyl sites for hydroxylation is 1. The van der Waals surface area contributed by atoms with Crippen molar-refractivity contribution in [3.63, 3.8) is 0 Å². The minimum absolute atomic E-state index is 0.0814. The van der Waals surface area contributed by atoms with Gasteiger partial charge in [-0.3, -0.25) is 24.7 Å². The van der Waals surface area contributed by atoms with Crippen molar-refractivity contribution in [1.82, 2.24) is 15.0 Å². The molecule has 1 aliphatic rings. The van der Waals surface area contributed by atoms with E-state index in [1.807, 2.05) is 0 Å². The number of carbonyl (C=O) groups is 1. The first-order chi connectivity index (χ1) is 12.5. The van der Waals surface area contributed by atoms with E-state index in [4.69, 9.17) is 5.73 Å². The van der Waals surface area contributed by atoms with E-state index in [0.717, 1.165) is 0 Å². The third-order valence-corrected chi connectivity index (χ3v) is 4.39. The molecule has 0 saturated heterocycles. The van der Waals surface area contributed by atoms with Gasteiger partial charge in [-0.1, -0.05) is 12.1 Å². The van der Waals surface area contributed by atoms with Gasteiger partial charge < -0.3 is 5.73 Å². The van der Waals surface area contributed by atoms with Gasteiger partial charge in [-0.2, -0.15) is 4.98 Å². The molecule has 0 bridgehead atoms. The van der Waals surface area contributed by atoms with Crippen molar-refractivity contribution >= 4 is 28.5 Å². The highest BCUT2D eigenvalue weighted by molar-refractivity contribution is 6.10. The molecule has 130 valence electrons. The number of anilines is 1. The summed E-state index contributed by atoms with van der Waals surface area (Å²) in [5.41, 5.74) is 6.66. The average Bonchev–Trinajstić information content (AvgIpc) is 2.60. The highest BCUT2D eigenvalue weighted by Crippen LogP contribution is 2.36. The second-order valence-corrected chi connectivity index (χ2v) is 6.04. The number of benzene rings is 1. The summed E-state index contributed by atoms with van der Waals surface area (Å²) in [5.74, 6) is -0.222. The van der Waals surface area contributed by atoms with E-state index in [2.05, 4.69) is 15.0 Å². The molecule has 0 fully saturated rings. The number of Topliss-reactive ketones (excluding diaryl/α,β-unsaturated/α-hetero) is 1. The molecule has 3 aromatic rings. The topological polar surface area (TPSA) is 145 Å². The van der Waals surface area contributed by atoms with Crippen molar-refractivity contribution < 1.29 is 9.72 Å². The molecular weight excluding hydrogens is 338 g/mol. The van der Waals surface area contributed by atoms with Crippen LogP contribution >= 0.6 is 0 Å². The fraction of sp³-hybridized carbons (Fsp3) is 0.176. The summed E-state index contributed by atoms with van der Waals surface area (Å²) in [5, 5.41) is 11.2. The van der Waals surface area contributed by atoms with Gasteiger partial charge in [-0.25, -0.2) is 4.98 Å². The van der Waals surface area contributed by atoms with Crippen molar-refractivity contribution in [1.29, 1.82) is 0 Å². The Morgan fingerprint density at radius 1 is 1.15 bits per heavy atom. The van der Waals surface area contributed by atoms with Crippen molar-refractivity contribution in [2.75, 3.05) is 5.73 Å². The molecule has 1 aliphatic carbocycles. The number of hydrogen-bond acceptors (Lipinski definition) is 7. The van der Waals surface area contributed by atoms with Crippen LogP contribution in [-0.2, 0) is 6.42 Å². The lowest BCUT2D eigenvalue weighted by atomic mass is 9.86. The number of non-ortho nitro benzene ring substituents is 1. The number of carbonyl (C=O) groups excluding carboxylic acids is 1. The third kappa shape index (κ3) is 2.41. The van der Waals surface area contributed by atoms with Crippen LogP contribution < -0.4 is 11.3 Å². The Balaban J connectivity index is 2.17. The van der Waals surface area contributed by atoms with Gasteiger partial charge in [-0.15, -0.1) is 0 Å². The first kappa shape index (κ1) is 15.9. The molecule has 2 aromatic heterocycles. The van der Waals surface area contributed by atoms with Crippen molar-refractivity contribution in [3.8, 4) is 11.1 Å². The fourth-order valence-corrected chi connectivity index (χ4v) is 3.32. The fourth-order valence-electron chi connectivity index (χ4n) is 3.32. The summed E-state index contributed by atoms with van der Waals surface area (Å²) in [6.07, 6.45) is 1.55. The van der Waals surface area contributed by atoms with Gasteiger partial charge in [0.15, 0.2) is 11.4 Å². The minimum atomic E-state index is -0.539. The molecule has 4 rings (SSSR count). The van der Waals surface area contributed by atoms with Crippen molar-refractivity contribution in [2.45, 2.75) is 19.3 Å². The van der Waals surface area contributed by atoms with Crippen LogP contribution in [-0.4, -0.2) is 25.7 Å². The number of ketones is 1. The molecule has 3 N–H and O–H groups in total. The van der Waals surface area contributed by atoms with Crippen LogP contribution in [0.5, 0.6) is 0 Å². The van der Waals surface area contributed by atoms with Gasteiger partial charge in [0.1, 0.15) is 0 Å². The Kier molecular flexibility index (Phi) is 3.50. The molecule has 0 saturated carbocycles. The van der Waals surface area contributed by atoms with Gasteiger partial charge >= 0.3 is 0 Å². The molecule has 0 aliphatic heterocycles. The molecule has 0 radical (unpaired) electrons. The number of pyridine rings is 1. The van der Waals surface area contributed by atoms with E-state index < -0.39 is 10.5 Å². The smallest absolute Gasteiger partial charge is 0.270 e. The van der Waals surface area contributed by atoms with E-state index in [1.165, 1.54) is 18.2 Å². The van der Waals surface area contributed by atoms with Crippen LogP contribution in [0.2, 0.25) is 0 Å². The van der Waals surface area contributed by atoms with Gasteiger partial charge in [0.05, 0.1) is 16.0 Å². The maximum Gasteiger partial charge on any atom is 0.270 e. The minimum Gasteiger partial charge on any atom is -0.369 e. The van der Waals surface area contributed by atoms with Crippen LogP contribution in [0.1, 0.15) is 28.9 Å². The predicted molar refractivity (Wildman–Crippen MR) is 93.9 cm³/mol. The van der Waals surface area contributed by atoms with Crippen molar-refractivity contribution in [3.05, 3.63) is 56.0 Å². The lowest BCUT2D eigenvalue weighted by Crippen LogP contribution is -2.20. The SMILES string of the molecule is Nc1nc2nc3c(c(-c4cccc([N+](=O)[O-])c4)c2c(=O)[nH]1)C(=O)CCC3. The molecule has 9 nitrogen and oxygen atoms in total. The number of nitrogens with two attached hydrogens (primary N) is 1. The predicted octanol–water partition coefficient (Wildman–Crippen LogP) is 1.99. The first-order valence-electron chi connectivity index (χ1n) is 7.96. The van der Waals surface area contributed by atoms with Crippen LogP contribution in [0.25, 0.3) is 22.2 Å². The van der Waals surface area contributed by atoms with Crippen LogP contribution in [0.4, 0.5) is 11.6 Å². The number of aromatic nitrogens is 3. The van der Waals surface area contributed by atoms with E-state index in [9.17, 15) is 19.7 Å². The number of nitrogens with zero attached hydrogens (tertiary/aromatic N) is 3. The van der Waals surface area contributed by atoms with Crippen molar-refractivity contribution in [2.24, 2.45) is 0 Å². The second kappa shape index (κ2) is 5.73. The summed E-state index contributed by atoms with van der Waals surface area (Å²) in [6.45, 7) is 0. The monoisotopic (exact) mass is 351 g/mol. The lowest BCUT2D eigenvalue weighted by molar-refractivity contribution is -0.384. The normalized spacial score (nSPS) is 13.6. The van der Waals surface area contributed by atoms with E-state index >= 15 is 0 Å². The zero-order valence-electron chi connectivity index (χ0n) is 13.5. The first-order valence-corrected chi connectivity index (χ1v) is 7.96. The van der Waals surface area contributed by atoms with Gasteiger partial charge in [0.2, 0.25) is 5.95 Å². The van der Waals surface area contributed by atoms with E-state index in [-0.39, 0.29) is 28.5 Å². The lowest BCUT2D eigenvalue weighted by Gasteiger charge is -2.19. The molecule has 26 heavy (non-hydrogen) atoms. The molecular formula is C17H13N5O4. The molecule has 0 unspecified atom stereocenters. The zero-order valence-corrected chi connectivity index (χ0v) is 13.5. The number of nitrogen functional groups attached to an aromatic ring is 1. The quantitative estimate of drug-likeness (QED) is 0.530. The molecule has 1 aromatic carbocycles. The maximum absolute atomic E-state index is 12.6. The van der Waals surface area contributed by atoms with Crippen LogP contribution in [0.15, 0.2) is 29.1 Å². The van der Waals surface area contributed by atoms with E-state index in [1.54, 1.807) is 6.07 Å². The summed E-state index contributed by atoms with van der Waals surface area (Å²) < 4.78 is 0.